The molecule has 0 heterocycles. The van der Waals surface area contributed by atoms with Crippen LogP contribution in [0.2, 0.25) is 0 Å². The van der Waals surface area contributed by atoms with Gasteiger partial charge in [-0.3, -0.25) is 5.32 Å². The minimum atomic E-state index is -0.583. The number of esters is 1. The van der Waals surface area contributed by atoms with Crippen molar-refractivity contribution in [2.24, 2.45) is 0 Å². The molecule has 1 rings (SSSR count). The molecule has 0 saturated carbocycles. The Morgan fingerprint density at radius 2 is 1.64 bits per heavy atom. The Bertz CT molecular complexity index is 480. The molecule has 1 aromatic rings. The molecule has 122 valence electrons. The van der Waals surface area contributed by atoms with Crippen LogP contribution in [0.5, 0.6) is 0 Å². The van der Waals surface area contributed by atoms with E-state index >= 15 is 0 Å². The molecular formula is C17H25NO4. The van der Waals surface area contributed by atoms with Gasteiger partial charge in [0.2, 0.25) is 0 Å². The third-order valence-corrected chi connectivity index (χ3v) is 2.51. The number of aryl methyl sites for hydroxylation is 1. The Labute approximate surface area is 132 Å². The lowest BCUT2D eigenvalue weighted by Crippen LogP contribution is -2.18. The summed E-state index contributed by atoms with van der Waals surface area (Å²) >= 11 is 0. The molecule has 0 atom stereocenters. The van der Waals surface area contributed by atoms with Gasteiger partial charge in [0.1, 0.15) is 13.2 Å². The van der Waals surface area contributed by atoms with Gasteiger partial charge in [-0.25, -0.2) is 9.59 Å². The minimum Gasteiger partial charge on any atom is -0.459 e. The van der Waals surface area contributed by atoms with Crippen molar-refractivity contribution in [3.05, 3.63) is 42.0 Å². The van der Waals surface area contributed by atoms with Crippen molar-refractivity contribution in [3.63, 3.8) is 0 Å². The lowest BCUT2D eigenvalue weighted by Gasteiger charge is -2.08. The summed E-state index contributed by atoms with van der Waals surface area (Å²) in [5.74, 6) is -0.496. The number of ether oxygens (including phenoxy) is 2. The van der Waals surface area contributed by atoms with E-state index in [1.165, 1.54) is 5.56 Å². The van der Waals surface area contributed by atoms with E-state index in [4.69, 9.17) is 9.47 Å². The van der Waals surface area contributed by atoms with E-state index in [9.17, 15) is 9.59 Å². The molecule has 0 aromatic heterocycles. The van der Waals surface area contributed by atoms with E-state index in [1.54, 1.807) is 19.1 Å². The molecule has 5 heteroatoms. The lowest BCUT2D eigenvalue weighted by atomic mass is 10.1. The van der Waals surface area contributed by atoms with Crippen molar-refractivity contribution in [2.75, 3.05) is 18.5 Å². The minimum absolute atomic E-state index is 0.00209. The summed E-state index contributed by atoms with van der Waals surface area (Å²) in [6, 6.07) is 7.48. The van der Waals surface area contributed by atoms with Crippen LogP contribution in [0.1, 0.15) is 33.3 Å². The second-order valence-electron chi connectivity index (χ2n) is 4.23. The number of hydrogen-bond acceptors (Lipinski definition) is 4. The average Bonchev–Trinajstić information content (AvgIpc) is 2.54. The number of anilines is 1. The van der Waals surface area contributed by atoms with Crippen molar-refractivity contribution < 1.29 is 19.1 Å². The van der Waals surface area contributed by atoms with Crippen LogP contribution in [0.4, 0.5) is 10.5 Å². The standard InChI is InChI=1S/C15H19NO4.C2H6/c1-4-12-5-7-13(8-6-12)16-15(18)20-10-9-19-14(17)11(2)3;1-2/h5-8H,2,4,9-10H2,1,3H3,(H,16,18);1-2H3. The Morgan fingerprint density at radius 3 is 2.14 bits per heavy atom. The lowest BCUT2D eigenvalue weighted by molar-refractivity contribution is -0.139. The molecule has 0 aliphatic rings. The van der Waals surface area contributed by atoms with Gasteiger partial charge in [-0.1, -0.05) is 39.5 Å². The fourth-order valence-electron chi connectivity index (χ4n) is 1.37. The Balaban J connectivity index is 0.00000211. The topological polar surface area (TPSA) is 64.6 Å². The molecule has 22 heavy (non-hydrogen) atoms. The van der Waals surface area contributed by atoms with Crippen molar-refractivity contribution in [1.29, 1.82) is 0 Å². The van der Waals surface area contributed by atoms with Crippen LogP contribution < -0.4 is 5.32 Å². The van der Waals surface area contributed by atoms with Crippen LogP contribution in [0, 0.1) is 0 Å². The summed E-state index contributed by atoms with van der Waals surface area (Å²) in [7, 11) is 0. The van der Waals surface area contributed by atoms with E-state index in [2.05, 4.69) is 18.8 Å². The van der Waals surface area contributed by atoms with Crippen LogP contribution in [0.3, 0.4) is 0 Å². The first kappa shape index (κ1) is 19.7. The molecule has 0 aliphatic heterocycles. The normalized spacial score (nSPS) is 9.09. The molecule has 0 bridgehead atoms. The van der Waals surface area contributed by atoms with E-state index < -0.39 is 12.1 Å². The SMILES string of the molecule is C=C(C)C(=O)OCCOC(=O)Nc1ccc(CC)cc1.CC. The molecule has 1 amide bonds. The first-order valence-corrected chi connectivity index (χ1v) is 7.38. The van der Waals surface area contributed by atoms with Crippen LogP contribution in [0.25, 0.3) is 0 Å². The molecular weight excluding hydrogens is 282 g/mol. The van der Waals surface area contributed by atoms with Crippen LogP contribution in [-0.2, 0) is 20.7 Å². The summed E-state index contributed by atoms with van der Waals surface area (Å²) in [4.78, 5) is 22.5. The first-order valence-electron chi connectivity index (χ1n) is 7.38. The van der Waals surface area contributed by atoms with E-state index in [1.807, 2.05) is 26.0 Å². The van der Waals surface area contributed by atoms with E-state index in [0.29, 0.717) is 11.3 Å². The monoisotopic (exact) mass is 307 g/mol. The maximum absolute atomic E-state index is 11.5. The number of amides is 1. The Hall–Kier alpha value is -2.30. The van der Waals surface area contributed by atoms with Gasteiger partial charge in [0.15, 0.2) is 0 Å². The van der Waals surface area contributed by atoms with E-state index in [-0.39, 0.29) is 13.2 Å². The van der Waals surface area contributed by atoms with Crippen LogP contribution in [-0.4, -0.2) is 25.3 Å². The highest BCUT2D eigenvalue weighted by atomic mass is 16.6. The van der Waals surface area contributed by atoms with Gasteiger partial charge in [0.05, 0.1) is 0 Å². The van der Waals surface area contributed by atoms with Gasteiger partial charge in [-0.15, -0.1) is 0 Å². The van der Waals surface area contributed by atoms with Crippen molar-refractivity contribution in [1.82, 2.24) is 0 Å². The molecule has 0 spiro atoms. The third-order valence-electron chi connectivity index (χ3n) is 2.51. The number of carbonyl (C=O) groups is 2. The number of hydrogen-bond donors (Lipinski definition) is 1. The second-order valence-corrected chi connectivity index (χ2v) is 4.23. The quantitative estimate of drug-likeness (QED) is 0.491. The van der Waals surface area contributed by atoms with Gasteiger partial charge in [0.25, 0.3) is 0 Å². The number of nitrogens with one attached hydrogen (secondary N) is 1. The fourth-order valence-corrected chi connectivity index (χ4v) is 1.37. The fraction of sp³-hybridized carbons (Fsp3) is 0.412. The Morgan fingerprint density at radius 1 is 1.09 bits per heavy atom. The molecule has 5 nitrogen and oxygen atoms in total. The highest BCUT2D eigenvalue weighted by Gasteiger charge is 2.05. The molecule has 0 radical (unpaired) electrons. The predicted molar refractivity (Wildman–Crippen MR) is 87.9 cm³/mol. The maximum Gasteiger partial charge on any atom is 0.411 e. The van der Waals surface area contributed by atoms with E-state index in [0.717, 1.165) is 6.42 Å². The largest absolute Gasteiger partial charge is 0.459 e. The summed E-state index contributed by atoms with van der Waals surface area (Å²) < 4.78 is 9.67. The first-order chi connectivity index (χ1) is 10.5. The zero-order valence-electron chi connectivity index (χ0n) is 13.8. The summed E-state index contributed by atoms with van der Waals surface area (Å²) in [6.45, 7) is 11.1. The molecule has 0 saturated heterocycles. The van der Waals surface area contributed by atoms with Gasteiger partial charge >= 0.3 is 12.1 Å². The van der Waals surface area contributed by atoms with Gasteiger partial charge in [-0.05, 0) is 31.0 Å². The van der Waals surface area contributed by atoms with Gasteiger partial charge < -0.3 is 9.47 Å². The molecule has 1 N–H and O–H groups in total. The molecule has 1 aromatic carbocycles. The number of benzene rings is 1. The second kappa shape index (κ2) is 11.4. The zero-order valence-corrected chi connectivity index (χ0v) is 13.8. The average molecular weight is 307 g/mol. The maximum atomic E-state index is 11.5. The predicted octanol–water partition coefficient (Wildman–Crippen LogP) is 3.94. The number of rotatable bonds is 6. The van der Waals surface area contributed by atoms with Gasteiger partial charge in [0, 0.05) is 11.3 Å². The van der Waals surface area contributed by atoms with Crippen LogP contribution in [0.15, 0.2) is 36.4 Å². The molecule has 0 unspecified atom stereocenters. The van der Waals surface area contributed by atoms with Crippen molar-refractivity contribution >= 4 is 17.7 Å². The van der Waals surface area contributed by atoms with Crippen LogP contribution >= 0.6 is 0 Å². The number of carbonyl (C=O) groups excluding carboxylic acids is 2. The Kier molecular flexibility index (Phi) is 10.2. The van der Waals surface area contributed by atoms with Gasteiger partial charge in [-0.2, -0.15) is 0 Å². The van der Waals surface area contributed by atoms with Crippen molar-refractivity contribution in [3.8, 4) is 0 Å². The summed E-state index contributed by atoms with van der Waals surface area (Å²) in [5.41, 5.74) is 2.16. The summed E-state index contributed by atoms with van der Waals surface area (Å²) in [5, 5.41) is 2.58. The van der Waals surface area contributed by atoms with Crippen molar-refractivity contribution in [2.45, 2.75) is 34.1 Å². The highest BCUT2D eigenvalue weighted by Crippen LogP contribution is 2.10. The summed E-state index contributed by atoms with van der Waals surface area (Å²) in [6.07, 6.45) is 0.361. The highest BCUT2D eigenvalue weighted by molar-refractivity contribution is 5.87. The third kappa shape index (κ3) is 8.09. The smallest absolute Gasteiger partial charge is 0.411 e. The molecule has 0 aliphatic carbocycles. The molecule has 0 fully saturated rings. The zero-order chi connectivity index (χ0) is 17.0.